The SMILES string of the molecule is CCCCC[C@@H]1CCCCC[C@@H](O)C[C@H](O)[C@H](O)C=CC(=O)O1. The number of carbonyl (C=O) groups is 1. The van der Waals surface area contributed by atoms with Gasteiger partial charge in [-0.3, -0.25) is 0 Å². The van der Waals surface area contributed by atoms with E-state index in [1.807, 2.05) is 0 Å². The summed E-state index contributed by atoms with van der Waals surface area (Å²) in [5.41, 5.74) is 0. The Morgan fingerprint density at radius 1 is 1.13 bits per heavy atom. The Hall–Kier alpha value is -0.910. The van der Waals surface area contributed by atoms with E-state index >= 15 is 0 Å². The first-order valence-electron chi connectivity index (χ1n) is 8.96. The molecule has 4 atom stereocenters. The van der Waals surface area contributed by atoms with Gasteiger partial charge in [-0.25, -0.2) is 4.79 Å². The summed E-state index contributed by atoms with van der Waals surface area (Å²) in [6.45, 7) is 2.14. The van der Waals surface area contributed by atoms with Crippen LogP contribution in [0.3, 0.4) is 0 Å². The van der Waals surface area contributed by atoms with Crippen LogP contribution in [0.25, 0.3) is 0 Å². The van der Waals surface area contributed by atoms with Crippen molar-refractivity contribution in [3.8, 4) is 0 Å². The Labute approximate surface area is 139 Å². The molecule has 0 aliphatic carbocycles. The zero-order valence-corrected chi connectivity index (χ0v) is 14.2. The molecule has 0 unspecified atom stereocenters. The van der Waals surface area contributed by atoms with Gasteiger partial charge in [0.05, 0.1) is 18.3 Å². The quantitative estimate of drug-likeness (QED) is 0.545. The van der Waals surface area contributed by atoms with Crippen molar-refractivity contribution in [2.45, 2.75) is 95.5 Å². The van der Waals surface area contributed by atoms with E-state index in [4.69, 9.17) is 4.74 Å². The van der Waals surface area contributed by atoms with Gasteiger partial charge < -0.3 is 20.1 Å². The van der Waals surface area contributed by atoms with Gasteiger partial charge in [-0.05, 0) is 38.2 Å². The molecule has 1 rings (SSSR count). The average Bonchev–Trinajstić information content (AvgIpc) is 2.51. The number of hydrogen-bond donors (Lipinski definition) is 3. The fourth-order valence-corrected chi connectivity index (χ4v) is 2.86. The predicted molar refractivity (Wildman–Crippen MR) is 88.9 cm³/mol. The van der Waals surface area contributed by atoms with Crippen molar-refractivity contribution in [1.82, 2.24) is 0 Å². The van der Waals surface area contributed by atoms with Crippen molar-refractivity contribution in [1.29, 1.82) is 0 Å². The summed E-state index contributed by atoms with van der Waals surface area (Å²) < 4.78 is 5.48. The second-order valence-corrected chi connectivity index (χ2v) is 6.50. The standard InChI is InChI=1S/C18H32O5/c1-2-3-5-9-15-10-7-4-6-8-14(19)13-17(21)16(20)11-12-18(22)23-15/h11-12,14-17,19-21H,2-10,13H2,1H3/t14-,15-,16-,17+/m1/s1. The third kappa shape index (κ3) is 9.08. The number of rotatable bonds is 4. The van der Waals surface area contributed by atoms with E-state index in [2.05, 4.69) is 6.92 Å². The highest BCUT2D eigenvalue weighted by Gasteiger charge is 2.19. The lowest BCUT2D eigenvalue weighted by Gasteiger charge is -2.20. The number of cyclic esters (lactones) is 1. The molecular formula is C18H32O5. The zero-order valence-electron chi connectivity index (χ0n) is 14.2. The number of aliphatic hydroxyl groups is 3. The maximum Gasteiger partial charge on any atom is 0.330 e. The fraction of sp³-hybridized carbons (Fsp3) is 0.833. The van der Waals surface area contributed by atoms with Crippen LogP contribution in [0.2, 0.25) is 0 Å². The molecule has 1 aliphatic heterocycles. The van der Waals surface area contributed by atoms with Crippen LogP contribution < -0.4 is 0 Å². The van der Waals surface area contributed by atoms with Gasteiger partial charge in [0.2, 0.25) is 0 Å². The first kappa shape index (κ1) is 20.1. The van der Waals surface area contributed by atoms with Crippen LogP contribution in [0.15, 0.2) is 12.2 Å². The van der Waals surface area contributed by atoms with E-state index in [9.17, 15) is 20.1 Å². The van der Waals surface area contributed by atoms with Crippen LogP contribution in [-0.2, 0) is 9.53 Å². The lowest BCUT2D eigenvalue weighted by Crippen LogP contribution is -2.29. The third-order valence-corrected chi connectivity index (χ3v) is 4.31. The van der Waals surface area contributed by atoms with Crippen molar-refractivity contribution in [2.24, 2.45) is 0 Å². The number of hydrogen-bond acceptors (Lipinski definition) is 5. The number of esters is 1. The normalized spacial score (nSPS) is 31.4. The van der Waals surface area contributed by atoms with Crippen molar-refractivity contribution in [3.05, 3.63) is 12.2 Å². The molecule has 0 radical (unpaired) electrons. The second-order valence-electron chi connectivity index (χ2n) is 6.50. The lowest BCUT2D eigenvalue weighted by molar-refractivity contribution is -0.143. The third-order valence-electron chi connectivity index (χ3n) is 4.31. The summed E-state index contributed by atoms with van der Waals surface area (Å²) in [5, 5.41) is 29.5. The molecule has 23 heavy (non-hydrogen) atoms. The van der Waals surface area contributed by atoms with Gasteiger partial charge in [-0.15, -0.1) is 0 Å². The molecule has 0 amide bonds. The van der Waals surface area contributed by atoms with E-state index in [1.165, 1.54) is 12.2 Å². The fourth-order valence-electron chi connectivity index (χ4n) is 2.86. The Kier molecular flexibility index (Phi) is 10.2. The highest BCUT2D eigenvalue weighted by atomic mass is 16.5. The van der Waals surface area contributed by atoms with Crippen LogP contribution >= 0.6 is 0 Å². The molecule has 0 spiro atoms. The van der Waals surface area contributed by atoms with Crippen LogP contribution in [0.5, 0.6) is 0 Å². The number of carbonyl (C=O) groups excluding carboxylic acids is 1. The summed E-state index contributed by atoms with van der Waals surface area (Å²) in [5.74, 6) is -0.477. The van der Waals surface area contributed by atoms with Crippen LogP contribution in [-0.4, -0.2) is 45.7 Å². The molecule has 0 fully saturated rings. The summed E-state index contributed by atoms with van der Waals surface area (Å²) >= 11 is 0. The highest BCUT2D eigenvalue weighted by Crippen LogP contribution is 2.18. The molecule has 5 heteroatoms. The molecule has 0 aromatic rings. The van der Waals surface area contributed by atoms with E-state index in [1.54, 1.807) is 0 Å². The second kappa shape index (κ2) is 11.6. The number of ether oxygens (including phenoxy) is 1. The van der Waals surface area contributed by atoms with Crippen LogP contribution in [0.4, 0.5) is 0 Å². The topological polar surface area (TPSA) is 87.0 Å². The van der Waals surface area contributed by atoms with Crippen molar-refractivity contribution >= 4 is 5.97 Å². The Balaban J connectivity index is 2.63. The number of unbranched alkanes of at least 4 members (excludes halogenated alkanes) is 2. The van der Waals surface area contributed by atoms with Crippen LogP contribution in [0.1, 0.15) is 71.1 Å². The molecular weight excluding hydrogens is 296 g/mol. The van der Waals surface area contributed by atoms with E-state index in [0.717, 1.165) is 51.4 Å². The molecule has 3 N–H and O–H groups in total. The van der Waals surface area contributed by atoms with E-state index in [0.29, 0.717) is 6.42 Å². The van der Waals surface area contributed by atoms with Gasteiger partial charge in [0.15, 0.2) is 0 Å². The maximum absolute atomic E-state index is 11.9. The van der Waals surface area contributed by atoms with Gasteiger partial charge in [-0.1, -0.05) is 32.6 Å². The summed E-state index contributed by atoms with van der Waals surface area (Å²) in [6.07, 6.45) is 8.00. The molecule has 0 bridgehead atoms. The molecule has 1 heterocycles. The van der Waals surface area contributed by atoms with E-state index in [-0.39, 0.29) is 12.5 Å². The molecule has 0 saturated carbocycles. The molecule has 0 aromatic carbocycles. The molecule has 5 nitrogen and oxygen atoms in total. The molecule has 1 aliphatic rings. The van der Waals surface area contributed by atoms with Crippen LogP contribution in [0, 0.1) is 0 Å². The largest absolute Gasteiger partial charge is 0.459 e. The summed E-state index contributed by atoms with van der Waals surface area (Å²) in [6, 6.07) is 0. The highest BCUT2D eigenvalue weighted by molar-refractivity contribution is 5.82. The lowest BCUT2D eigenvalue weighted by atomic mass is 9.99. The first-order chi connectivity index (χ1) is 11.0. The Morgan fingerprint density at radius 3 is 2.61 bits per heavy atom. The van der Waals surface area contributed by atoms with Gasteiger partial charge >= 0.3 is 5.97 Å². The van der Waals surface area contributed by atoms with Gasteiger partial charge in [-0.2, -0.15) is 0 Å². The minimum Gasteiger partial charge on any atom is -0.459 e. The zero-order chi connectivity index (χ0) is 17.1. The minimum atomic E-state index is -1.17. The Morgan fingerprint density at radius 2 is 1.87 bits per heavy atom. The van der Waals surface area contributed by atoms with Crippen molar-refractivity contribution < 1.29 is 24.9 Å². The molecule has 134 valence electrons. The minimum absolute atomic E-state index is 0.0892. The van der Waals surface area contributed by atoms with Gasteiger partial charge in [0.25, 0.3) is 0 Å². The summed E-state index contributed by atoms with van der Waals surface area (Å²) in [4.78, 5) is 11.9. The number of aliphatic hydroxyl groups excluding tert-OH is 3. The predicted octanol–water partition coefficient (Wildman–Crippen LogP) is 2.47. The van der Waals surface area contributed by atoms with E-state index < -0.39 is 24.3 Å². The Bertz CT molecular complexity index is 355. The van der Waals surface area contributed by atoms with Gasteiger partial charge in [0.1, 0.15) is 6.10 Å². The van der Waals surface area contributed by atoms with Gasteiger partial charge in [0, 0.05) is 12.5 Å². The van der Waals surface area contributed by atoms with Crippen molar-refractivity contribution in [2.75, 3.05) is 0 Å². The van der Waals surface area contributed by atoms with Crippen molar-refractivity contribution in [3.63, 3.8) is 0 Å². The molecule has 0 saturated heterocycles. The maximum atomic E-state index is 11.9. The monoisotopic (exact) mass is 328 g/mol. The first-order valence-corrected chi connectivity index (χ1v) is 8.96. The average molecular weight is 328 g/mol. The smallest absolute Gasteiger partial charge is 0.330 e. The molecule has 0 aromatic heterocycles. The summed E-state index contributed by atoms with van der Waals surface area (Å²) in [7, 11) is 0.